The van der Waals surface area contributed by atoms with Crippen LogP contribution in [0, 0.1) is 5.82 Å². The highest BCUT2D eigenvalue weighted by molar-refractivity contribution is 9.10. The minimum Gasteiger partial charge on any atom is -0.363 e. The number of anilines is 1. The number of nitrogens with zero attached hydrogens (tertiary/aromatic N) is 1. The lowest BCUT2D eigenvalue weighted by molar-refractivity contribution is 0.616. The van der Waals surface area contributed by atoms with Crippen LogP contribution in [0.2, 0.25) is 5.02 Å². The summed E-state index contributed by atoms with van der Waals surface area (Å²) in [4.78, 5) is 2.07. The van der Waals surface area contributed by atoms with Gasteiger partial charge >= 0.3 is 0 Å². The summed E-state index contributed by atoms with van der Waals surface area (Å²) in [5, 5.41) is 0.640. The van der Waals surface area contributed by atoms with Gasteiger partial charge in [-0.1, -0.05) is 23.7 Å². The first-order valence-electron chi connectivity index (χ1n) is 6.74. The third-order valence-corrected chi connectivity index (χ3v) is 4.64. The van der Waals surface area contributed by atoms with Crippen molar-refractivity contribution in [1.82, 2.24) is 0 Å². The second-order valence-electron chi connectivity index (χ2n) is 4.69. The molecule has 21 heavy (non-hydrogen) atoms. The number of rotatable bonds is 5. The topological polar surface area (TPSA) is 29.3 Å². The van der Waals surface area contributed by atoms with E-state index in [4.69, 9.17) is 17.3 Å². The van der Waals surface area contributed by atoms with Crippen LogP contribution in [-0.4, -0.2) is 13.1 Å². The number of likely N-dealkylation sites (N-methyl/N-ethyl adjacent to an activating group) is 1. The Bertz CT molecular complexity index is 621. The SMILES string of the molecule is CCN(c1cccc(F)c1)C(CN)c1ccc(Br)c(Cl)c1. The van der Waals surface area contributed by atoms with Crippen LogP contribution in [0.15, 0.2) is 46.9 Å². The van der Waals surface area contributed by atoms with E-state index in [9.17, 15) is 4.39 Å². The molecule has 0 saturated carbocycles. The first-order chi connectivity index (χ1) is 10.1. The summed E-state index contributed by atoms with van der Waals surface area (Å²) in [5.74, 6) is -0.254. The third kappa shape index (κ3) is 3.76. The second kappa shape index (κ2) is 7.25. The van der Waals surface area contributed by atoms with Gasteiger partial charge in [-0.15, -0.1) is 0 Å². The van der Waals surface area contributed by atoms with E-state index in [2.05, 4.69) is 20.8 Å². The molecule has 0 heterocycles. The zero-order valence-electron chi connectivity index (χ0n) is 11.7. The molecule has 5 heteroatoms. The molecule has 2 nitrogen and oxygen atoms in total. The second-order valence-corrected chi connectivity index (χ2v) is 5.95. The molecular weight excluding hydrogens is 355 g/mol. The molecule has 0 fully saturated rings. The minimum atomic E-state index is -0.254. The van der Waals surface area contributed by atoms with Crippen molar-refractivity contribution in [1.29, 1.82) is 0 Å². The van der Waals surface area contributed by atoms with E-state index in [1.807, 2.05) is 31.2 Å². The third-order valence-electron chi connectivity index (χ3n) is 3.41. The molecule has 1 atom stereocenters. The Morgan fingerprint density at radius 3 is 2.62 bits per heavy atom. The van der Waals surface area contributed by atoms with Crippen LogP contribution in [0.3, 0.4) is 0 Å². The van der Waals surface area contributed by atoms with Crippen LogP contribution < -0.4 is 10.6 Å². The van der Waals surface area contributed by atoms with E-state index < -0.39 is 0 Å². The Kier molecular flexibility index (Phi) is 5.62. The van der Waals surface area contributed by atoms with Gasteiger partial charge in [-0.05, 0) is 58.7 Å². The highest BCUT2D eigenvalue weighted by Crippen LogP contribution is 2.31. The molecule has 2 aromatic rings. The van der Waals surface area contributed by atoms with Crippen LogP contribution in [0.1, 0.15) is 18.5 Å². The van der Waals surface area contributed by atoms with Crippen LogP contribution in [-0.2, 0) is 0 Å². The lowest BCUT2D eigenvalue weighted by Crippen LogP contribution is -2.33. The van der Waals surface area contributed by atoms with Crippen molar-refractivity contribution in [3.05, 3.63) is 63.3 Å². The maximum atomic E-state index is 13.5. The molecule has 2 aromatic carbocycles. The zero-order chi connectivity index (χ0) is 15.4. The lowest BCUT2D eigenvalue weighted by Gasteiger charge is -2.32. The van der Waals surface area contributed by atoms with E-state index >= 15 is 0 Å². The zero-order valence-corrected chi connectivity index (χ0v) is 14.0. The summed E-state index contributed by atoms with van der Waals surface area (Å²) in [5.41, 5.74) is 7.78. The van der Waals surface area contributed by atoms with Crippen molar-refractivity contribution in [2.24, 2.45) is 5.73 Å². The van der Waals surface area contributed by atoms with Crippen molar-refractivity contribution >= 4 is 33.2 Å². The molecule has 0 aliphatic carbocycles. The molecule has 0 amide bonds. The summed E-state index contributed by atoms with van der Waals surface area (Å²) in [6.07, 6.45) is 0. The van der Waals surface area contributed by atoms with Crippen LogP contribution in [0.4, 0.5) is 10.1 Å². The van der Waals surface area contributed by atoms with Gasteiger partial charge in [-0.25, -0.2) is 4.39 Å². The normalized spacial score (nSPS) is 12.2. The quantitative estimate of drug-likeness (QED) is 0.820. The van der Waals surface area contributed by atoms with E-state index in [1.165, 1.54) is 12.1 Å². The molecule has 112 valence electrons. The maximum Gasteiger partial charge on any atom is 0.125 e. The number of hydrogen-bond acceptors (Lipinski definition) is 2. The Morgan fingerprint density at radius 2 is 2.05 bits per heavy atom. The highest BCUT2D eigenvalue weighted by Gasteiger charge is 2.19. The van der Waals surface area contributed by atoms with Crippen LogP contribution in [0.25, 0.3) is 0 Å². The fourth-order valence-corrected chi connectivity index (χ4v) is 2.84. The van der Waals surface area contributed by atoms with E-state index in [0.29, 0.717) is 11.6 Å². The first kappa shape index (κ1) is 16.3. The largest absolute Gasteiger partial charge is 0.363 e. The Morgan fingerprint density at radius 1 is 1.29 bits per heavy atom. The van der Waals surface area contributed by atoms with Gasteiger partial charge in [0, 0.05) is 23.2 Å². The summed E-state index contributed by atoms with van der Waals surface area (Å²) >= 11 is 9.55. The standard InChI is InChI=1S/C16H17BrClFN2/c1-2-21(13-5-3-4-12(19)9-13)16(10-20)11-6-7-14(17)15(18)8-11/h3-9,16H,2,10,20H2,1H3. The number of hydrogen-bond donors (Lipinski definition) is 1. The molecular formula is C16H17BrClFN2. The van der Waals surface area contributed by atoms with E-state index in [-0.39, 0.29) is 11.9 Å². The molecule has 0 saturated heterocycles. The Labute approximate surface area is 137 Å². The van der Waals surface area contributed by atoms with Crippen molar-refractivity contribution in [3.8, 4) is 0 Å². The summed E-state index contributed by atoms with van der Waals surface area (Å²) < 4.78 is 14.3. The molecule has 2 N–H and O–H groups in total. The van der Waals surface area contributed by atoms with Gasteiger partial charge in [-0.3, -0.25) is 0 Å². The van der Waals surface area contributed by atoms with Gasteiger partial charge in [0.25, 0.3) is 0 Å². The number of halogens is 3. The fraction of sp³-hybridized carbons (Fsp3) is 0.250. The lowest BCUT2D eigenvalue weighted by atomic mass is 10.0. The molecule has 0 aromatic heterocycles. The summed E-state index contributed by atoms with van der Waals surface area (Å²) in [7, 11) is 0. The van der Waals surface area contributed by atoms with Crippen LogP contribution in [0.5, 0.6) is 0 Å². The van der Waals surface area contributed by atoms with Gasteiger partial charge in [-0.2, -0.15) is 0 Å². The molecule has 1 unspecified atom stereocenters. The molecule has 2 rings (SSSR count). The van der Waals surface area contributed by atoms with E-state index in [0.717, 1.165) is 22.3 Å². The summed E-state index contributed by atoms with van der Waals surface area (Å²) in [6, 6.07) is 12.3. The monoisotopic (exact) mass is 370 g/mol. The van der Waals surface area contributed by atoms with Gasteiger partial charge in [0.15, 0.2) is 0 Å². The number of nitrogens with two attached hydrogens (primary N) is 1. The van der Waals surface area contributed by atoms with E-state index in [1.54, 1.807) is 6.07 Å². The summed E-state index contributed by atoms with van der Waals surface area (Å²) in [6.45, 7) is 3.16. The molecule has 0 aliphatic rings. The Hall–Kier alpha value is -1.10. The maximum absolute atomic E-state index is 13.5. The van der Waals surface area contributed by atoms with Crippen molar-refractivity contribution in [2.75, 3.05) is 18.0 Å². The number of benzene rings is 2. The molecule has 0 bridgehead atoms. The van der Waals surface area contributed by atoms with Crippen molar-refractivity contribution in [3.63, 3.8) is 0 Å². The van der Waals surface area contributed by atoms with Gasteiger partial charge in [0.2, 0.25) is 0 Å². The predicted octanol–water partition coefficient (Wildman–Crippen LogP) is 4.77. The molecule has 0 spiro atoms. The fourth-order valence-electron chi connectivity index (χ4n) is 2.40. The van der Waals surface area contributed by atoms with Gasteiger partial charge in [0.1, 0.15) is 5.82 Å². The molecule has 0 radical (unpaired) electrons. The van der Waals surface area contributed by atoms with Crippen molar-refractivity contribution < 1.29 is 4.39 Å². The molecule has 0 aliphatic heterocycles. The van der Waals surface area contributed by atoms with Gasteiger partial charge < -0.3 is 10.6 Å². The average molecular weight is 372 g/mol. The predicted molar refractivity (Wildman–Crippen MR) is 90.4 cm³/mol. The smallest absolute Gasteiger partial charge is 0.125 e. The average Bonchev–Trinajstić information content (AvgIpc) is 2.47. The highest BCUT2D eigenvalue weighted by atomic mass is 79.9. The van der Waals surface area contributed by atoms with Gasteiger partial charge in [0.05, 0.1) is 11.1 Å². The van der Waals surface area contributed by atoms with Crippen LogP contribution >= 0.6 is 27.5 Å². The van der Waals surface area contributed by atoms with Crippen molar-refractivity contribution in [2.45, 2.75) is 13.0 Å². The minimum absolute atomic E-state index is 0.0533. The first-order valence-corrected chi connectivity index (χ1v) is 7.91. The Balaban J connectivity index is 2.39.